The van der Waals surface area contributed by atoms with Gasteiger partial charge in [0.1, 0.15) is 0 Å². The van der Waals surface area contributed by atoms with Gasteiger partial charge in [-0.3, -0.25) is 14.5 Å². The van der Waals surface area contributed by atoms with Gasteiger partial charge in [0.15, 0.2) is 6.29 Å². The number of nitrogens with zero attached hydrogens (tertiary/aromatic N) is 1. The second kappa shape index (κ2) is 17.2. The smallest absolute Gasteiger partial charge is 0.220 e. The molecule has 1 aliphatic rings. The number of aliphatic hydroxyl groups excluding tert-OH is 1. The number of hydrogen-bond donors (Lipinski definition) is 3. The van der Waals surface area contributed by atoms with E-state index in [-0.39, 0.29) is 42.6 Å². The summed E-state index contributed by atoms with van der Waals surface area (Å²) in [6.45, 7) is 7.76. The van der Waals surface area contributed by atoms with E-state index in [1.54, 1.807) is 0 Å². The summed E-state index contributed by atoms with van der Waals surface area (Å²) in [4.78, 5) is 25.6. The lowest BCUT2D eigenvalue weighted by molar-refractivity contribution is -0.276. The Kier molecular flexibility index (Phi) is 13.1. The summed E-state index contributed by atoms with van der Waals surface area (Å²) in [6, 6.07) is 26.8. The average molecular weight is 616 g/mol. The van der Waals surface area contributed by atoms with Crippen LogP contribution in [0.15, 0.2) is 78.9 Å². The van der Waals surface area contributed by atoms with Crippen LogP contribution in [-0.4, -0.2) is 48.1 Å². The third-order valence-corrected chi connectivity index (χ3v) is 8.73. The number of aliphatic hydroxyl groups is 1. The first-order valence-electron chi connectivity index (χ1n) is 16.1. The molecule has 1 heterocycles. The van der Waals surface area contributed by atoms with Crippen LogP contribution in [0.1, 0.15) is 92.7 Å². The lowest BCUT2D eigenvalue weighted by atomic mass is 9.89. The molecule has 4 rings (SSSR count). The van der Waals surface area contributed by atoms with E-state index in [0.717, 1.165) is 48.1 Å². The van der Waals surface area contributed by atoms with Gasteiger partial charge in [0.05, 0.1) is 18.8 Å². The lowest BCUT2D eigenvalue weighted by Crippen LogP contribution is -2.44. The topological polar surface area (TPSA) is 100 Å². The first-order valence-corrected chi connectivity index (χ1v) is 16.1. The summed E-state index contributed by atoms with van der Waals surface area (Å²) in [5.41, 5.74) is 5.12. The Hall–Kier alpha value is -3.56. The summed E-state index contributed by atoms with van der Waals surface area (Å²) < 4.78 is 13.3. The van der Waals surface area contributed by atoms with Crippen molar-refractivity contribution in [3.8, 4) is 0 Å². The van der Waals surface area contributed by atoms with Gasteiger partial charge in [-0.15, -0.1) is 0 Å². The molecule has 0 aliphatic carbocycles. The van der Waals surface area contributed by atoms with Crippen LogP contribution in [0.4, 0.5) is 0 Å². The Morgan fingerprint density at radius 2 is 1.53 bits per heavy atom. The van der Waals surface area contributed by atoms with E-state index in [2.05, 4.69) is 60.7 Å². The van der Waals surface area contributed by atoms with Crippen LogP contribution in [0.5, 0.6) is 0 Å². The minimum absolute atomic E-state index is 0.00459. The predicted octanol–water partition coefficient (Wildman–Crippen LogP) is 5.98. The van der Waals surface area contributed by atoms with E-state index in [1.807, 2.05) is 54.6 Å². The van der Waals surface area contributed by atoms with Gasteiger partial charge in [-0.2, -0.15) is 0 Å². The second-order valence-corrected chi connectivity index (χ2v) is 12.2. The molecule has 1 saturated heterocycles. The zero-order valence-corrected chi connectivity index (χ0v) is 27.1. The van der Waals surface area contributed by atoms with E-state index < -0.39 is 6.29 Å². The third-order valence-electron chi connectivity index (χ3n) is 8.73. The molecule has 1 fully saturated rings. The second-order valence-electron chi connectivity index (χ2n) is 12.2. The van der Waals surface area contributed by atoms with Gasteiger partial charge in [-0.25, -0.2) is 0 Å². The molecule has 1 aliphatic heterocycles. The number of nitrogens with one attached hydrogen (secondary N) is 2. The number of hydrogen-bond acceptors (Lipinski definition) is 6. The minimum Gasteiger partial charge on any atom is -0.392 e. The summed E-state index contributed by atoms with van der Waals surface area (Å²) in [6.07, 6.45) is 2.23. The quantitative estimate of drug-likeness (QED) is 0.182. The largest absolute Gasteiger partial charge is 0.392 e. The molecule has 0 unspecified atom stereocenters. The number of amides is 2. The van der Waals surface area contributed by atoms with E-state index >= 15 is 0 Å². The van der Waals surface area contributed by atoms with Crippen molar-refractivity contribution in [2.75, 3.05) is 20.1 Å². The van der Waals surface area contributed by atoms with Crippen LogP contribution in [0.2, 0.25) is 0 Å². The van der Waals surface area contributed by atoms with Crippen LogP contribution in [-0.2, 0) is 32.2 Å². The highest BCUT2D eigenvalue weighted by molar-refractivity contribution is 5.75. The van der Waals surface area contributed by atoms with Gasteiger partial charge >= 0.3 is 0 Å². The molecule has 3 aromatic rings. The summed E-state index contributed by atoms with van der Waals surface area (Å²) in [5, 5.41) is 15.3. The van der Waals surface area contributed by atoms with Crippen molar-refractivity contribution in [1.29, 1.82) is 0 Å². The number of carbonyl (C=O) groups is 2. The van der Waals surface area contributed by atoms with Crippen molar-refractivity contribution in [2.45, 2.75) is 84.1 Å². The zero-order chi connectivity index (χ0) is 32.2. The molecule has 0 spiro atoms. The van der Waals surface area contributed by atoms with Crippen LogP contribution in [0.3, 0.4) is 0 Å². The predicted molar refractivity (Wildman–Crippen MR) is 176 cm³/mol. The molecule has 8 nitrogen and oxygen atoms in total. The molecule has 3 N–H and O–H groups in total. The van der Waals surface area contributed by atoms with E-state index in [0.29, 0.717) is 19.5 Å². The van der Waals surface area contributed by atoms with E-state index in [9.17, 15) is 14.7 Å². The molecule has 0 aromatic heterocycles. The monoisotopic (exact) mass is 615 g/mol. The molecule has 0 bridgehead atoms. The summed E-state index contributed by atoms with van der Waals surface area (Å²) in [5.74, 6) is 0.0917. The van der Waals surface area contributed by atoms with Crippen molar-refractivity contribution in [1.82, 2.24) is 15.5 Å². The highest BCUT2D eigenvalue weighted by atomic mass is 16.7. The maximum atomic E-state index is 12.3. The Labute approximate surface area is 268 Å². The van der Waals surface area contributed by atoms with Gasteiger partial charge in [0.2, 0.25) is 11.8 Å². The summed E-state index contributed by atoms with van der Waals surface area (Å²) >= 11 is 0. The Balaban J connectivity index is 1.39. The number of carbonyl (C=O) groups excluding carboxylic acids is 2. The fourth-order valence-electron chi connectivity index (χ4n) is 5.69. The number of rotatable bonds is 15. The Morgan fingerprint density at radius 3 is 2.20 bits per heavy atom. The number of ether oxygens (including phenoxy) is 2. The molecule has 242 valence electrons. The molecule has 8 heteroatoms. The first-order chi connectivity index (χ1) is 21.7. The Morgan fingerprint density at radius 1 is 0.867 bits per heavy atom. The fraction of sp³-hybridized carbons (Fsp3) is 0.459. The van der Waals surface area contributed by atoms with Gasteiger partial charge in [0.25, 0.3) is 0 Å². The molecule has 2 amide bonds. The number of likely N-dealkylation sites (N-methyl/N-ethyl adjacent to an activating group) is 1. The molecule has 45 heavy (non-hydrogen) atoms. The zero-order valence-electron chi connectivity index (χ0n) is 27.1. The van der Waals surface area contributed by atoms with Crippen molar-refractivity contribution in [3.63, 3.8) is 0 Å². The fourth-order valence-corrected chi connectivity index (χ4v) is 5.69. The molecule has 3 aromatic carbocycles. The van der Waals surface area contributed by atoms with Crippen molar-refractivity contribution in [2.24, 2.45) is 5.92 Å². The molecular formula is C37H49N3O5. The van der Waals surface area contributed by atoms with Crippen LogP contribution >= 0.6 is 0 Å². The van der Waals surface area contributed by atoms with Gasteiger partial charge in [-0.1, -0.05) is 92.2 Å². The SMILES string of the molecule is CC(=O)NCCCCCC(=O)NCc1ccc([C@@H]2O[C@H](CN(C)[C@@H](C)c3ccccc3)[C@H](C)[C@H](c3ccc(CO)cc3)O2)cc1. The van der Waals surface area contributed by atoms with Gasteiger partial charge in [-0.05, 0) is 49.1 Å². The van der Waals surface area contributed by atoms with Crippen molar-refractivity contribution >= 4 is 11.8 Å². The standard InChI is InChI=1S/C37H49N3O5/c1-26-34(24-40(4)27(2)31-11-7-5-8-12-31)44-37(45-36(26)32-18-16-30(25-41)17-19-32)33-20-14-29(15-21-33)23-39-35(43)13-9-6-10-22-38-28(3)42/h5,7-8,11-12,14-21,26-27,34,36-37,41H,6,9-10,13,22-25H2,1-4H3,(H,38,42)(H,39,43)/t26-,27-,34+,36+,37+/m0/s1. The Bertz CT molecular complexity index is 1330. The van der Waals surface area contributed by atoms with Crippen molar-refractivity contribution in [3.05, 3.63) is 107 Å². The van der Waals surface area contributed by atoms with Crippen LogP contribution in [0.25, 0.3) is 0 Å². The maximum absolute atomic E-state index is 12.3. The van der Waals surface area contributed by atoms with Gasteiger partial charge < -0.3 is 25.2 Å². The van der Waals surface area contributed by atoms with Crippen molar-refractivity contribution < 1.29 is 24.2 Å². The summed E-state index contributed by atoms with van der Waals surface area (Å²) in [7, 11) is 2.14. The first kappa shape index (κ1) is 34.3. The molecule has 5 atom stereocenters. The van der Waals surface area contributed by atoms with E-state index in [4.69, 9.17) is 9.47 Å². The minimum atomic E-state index is -0.546. The average Bonchev–Trinajstić information content (AvgIpc) is 3.06. The van der Waals surface area contributed by atoms with Crippen LogP contribution < -0.4 is 10.6 Å². The molecular weight excluding hydrogens is 566 g/mol. The van der Waals surface area contributed by atoms with E-state index in [1.165, 1.54) is 12.5 Å². The lowest BCUT2D eigenvalue weighted by Gasteiger charge is -2.43. The highest BCUT2D eigenvalue weighted by Gasteiger charge is 2.39. The number of benzene rings is 3. The molecule has 0 saturated carbocycles. The molecule has 0 radical (unpaired) electrons. The van der Waals surface area contributed by atoms with Gasteiger partial charge in [0, 0.05) is 50.5 Å². The highest BCUT2D eigenvalue weighted by Crippen LogP contribution is 2.42. The number of unbranched alkanes of at least 4 members (excludes halogenated alkanes) is 2. The van der Waals surface area contributed by atoms with Crippen LogP contribution in [0, 0.1) is 5.92 Å². The normalized spacial score (nSPS) is 20.5. The third kappa shape index (κ3) is 10.2. The maximum Gasteiger partial charge on any atom is 0.220 e.